The summed E-state index contributed by atoms with van der Waals surface area (Å²) in [6.45, 7) is -0.741. The van der Waals surface area contributed by atoms with Crippen molar-refractivity contribution in [2.45, 2.75) is 12.8 Å². The molecule has 2 aromatic carbocycles. The number of rotatable bonds is 4. The number of nitrogens with zero attached hydrogens (tertiary/aromatic N) is 3. The highest BCUT2D eigenvalue weighted by Crippen LogP contribution is 2.36. The number of aliphatic hydroxyl groups is 1. The lowest BCUT2D eigenvalue weighted by molar-refractivity contribution is -0.199. The van der Waals surface area contributed by atoms with Gasteiger partial charge in [-0.25, -0.2) is 18.6 Å². The molecule has 0 saturated heterocycles. The van der Waals surface area contributed by atoms with Crippen LogP contribution in [0.15, 0.2) is 41.7 Å². The quantitative estimate of drug-likeness (QED) is 0.140. The van der Waals surface area contributed by atoms with Gasteiger partial charge in [0.2, 0.25) is 0 Å². The number of fused-ring (bicyclic) bond motifs is 3. The number of aliphatic hydroxyl groups excluding tert-OH is 1. The maximum atomic E-state index is 15.1. The highest BCUT2D eigenvalue weighted by molar-refractivity contribution is 6.11. The van der Waals surface area contributed by atoms with Crippen molar-refractivity contribution in [3.8, 4) is 11.3 Å². The van der Waals surface area contributed by atoms with Crippen molar-refractivity contribution >= 4 is 33.6 Å². The molecule has 0 fully saturated rings. The second-order valence-corrected chi connectivity index (χ2v) is 6.77. The summed E-state index contributed by atoms with van der Waals surface area (Å²) in [4.78, 5) is 18.9. The molecule has 0 amide bonds. The van der Waals surface area contributed by atoms with E-state index >= 15 is 8.78 Å². The van der Waals surface area contributed by atoms with Gasteiger partial charge >= 0.3 is 12.1 Å². The molecule has 4 rings (SSSR count). The fraction of sp³-hybridized carbons (Fsp3) is 0.100. The van der Waals surface area contributed by atoms with E-state index in [2.05, 4.69) is 25.2 Å². The molecule has 4 aromatic rings. The van der Waals surface area contributed by atoms with Gasteiger partial charge in [0.05, 0.1) is 18.5 Å². The number of carbonyl (C=O) groups excluding carboxylic acids is 1. The molecule has 0 atom stereocenters. The lowest BCUT2D eigenvalue weighted by Gasteiger charge is -2.12. The van der Waals surface area contributed by atoms with Crippen LogP contribution in [-0.4, -0.2) is 38.3 Å². The summed E-state index contributed by atoms with van der Waals surface area (Å²) in [6.07, 6.45) is -4.00. The zero-order valence-electron chi connectivity index (χ0n) is 16.2. The molecule has 0 aliphatic rings. The van der Waals surface area contributed by atoms with Crippen LogP contribution in [0.4, 0.5) is 22.0 Å². The van der Waals surface area contributed by atoms with Gasteiger partial charge in [-0.15, -0.1) is 0 Å². The maximum absolute atomic E-state index is 15.1. The highest BCUT2D eigenvalue weighted by Gasteiger charge is 2.41. The number of aromatic nitrogens is 3. The molecule has 0 spiro atoms. The Hall–Kier alpha value is -4.13. The fourth-order valence-electron chi connectivity index (χ4n) is 3.22. The van der Waals surface area contributed by atoms with Gasteiger partial charge in [0, 0.05) is 32.8 Å². The first-order valence-electron chi connectivity index (χ1n) is 9.08. The third-order valence-corrected chi connectivity index (χ3v) is 4.70. The lowest BCUT2D eigenvalue weighted by Crippen LogP contribution is -2.25. The number of benzene rings is 2. The van der Waals surface area contributed by atoms with Gasteiger partial charge in [0.25, 0.3) is 0 Å². The third kappa shape index (κ3) is 3.93. The van der Waals surface area contributed by atoms with E-state index in [1.807, 2.05) is 0 Å². The first-order valence-corrected chi connectivity index (χ1v) is 9.08. The largest absolute Gasteiger partial charge is 0.493 e. The number of amidine groups is 1. The molecule has 0 aliphatic heterocycles. The Balaban J connectivity index is 1.88. The van der Waals surface area contributed by atoms with Crippen LogP contribution in [0, 0.1) is 11.6 Å². The van der Waals surface area contributed by atoms with Gasteiger partial charge in [-0.2, -0.15) is 18.3 Å². The van der Waals surface area contributed by atoms with Crippen LogP contribution in [-0.2, 0) is 16.2 Å². The summed E-state index contributed by atoms with van der Waals surface area (Å²) in [6, 6.07) is 6.37. The van der Waals surface area contributed by atoms with Crippen LogP contribution in [0.2, 0.25) is 0 Å². The SMILES string of the molecule is NC(=NOC(=O)C(F)(F)F)c1cccc(-c2nc3[nH]ncc3c3c(F)c(CO)cc(F)c23)c1. The van der Waals surface area contributed by atoms with Crippen LogP contribution < -0.4 is 5.73 Å². The number of nitrogens with one attached hydrogen (secondary N) is 1. The van der Waals surface area contributed by atoms with Crippen molar-refractivity contribution in [2.75, 3.05) is 0 Å². The molecule has 0 unspecified atom stereocenters. The van der Waals surface area contributed by atoms with Gasteiger partial charge in [0.15, 0.2) is 11.5 Å². The Kier molecular flexibility index (Phi) is 5.41. The Morgan fingerprint density at radius 3 is 2.67 bits per heavy atom. The van der Waals surface area contributed by atoms with E-state index in [1.165, 1.54) is 30.5 Å². The van der Waals surface area contributed by atoms with Crippen molar-refractivity contribution in [2.24, 2.45) is 10.9 Å². The first kappa shape index (κ1) is 22.1. The predicted octanol–water partition coefficient (Wildman–Crippen LogP) is 3.27. The average Bonchev–Trinajstić information content (AvgIpc) is 3.26. The average molecular weight is 465 g/mol. The zero-order valence-corrected chi connectivity index (χ0v) is 16.2. The number of halogens is 5. The van der Waals surface area contributed by atoms with Gasteiger partial charge in [-0.3, -0.25) is 5.10 Å². The first-order chi connectivity index (χ1) is 15.6. The van der Waals surface area contributed by atoms with Crippen molar-refractivity contribution in [1.29, 1.82) is 0 Å². The summed E-state index contributed by atoms with van der Waals surface area (Å²) < 4.78 is 66.9. The summed E-state index contributed by atoms with van der Waals surface area (Å²) in [7, 11) is 0. The number of pyridine rings is 1. The van der Waals surface area contributed by atoms with E-state index in [1.54, 1.807) is 0 Å². The number of hydrogen-bond donors (Lipinski definition) is 3. The second-order valence-electron chi connectivity index (χ2n) is 6.77. The maximum Gasteiger partial charge on any atom is 0.493 e. The van der Waals surface area contributed by atoms with Gasteiger partial charge in [-0.1, -0.05) is 23.4 Å². The molecule has 0 bridgehead atoms. The molecule has 4 N–H and O–H groups in total. The molecule has 170 valence electrons. The number of nitrogens with two attached hydrogens (primary N) is 1. The topological polar surface area (TPSA) is 126 Å². The minimum atomic E-state index is -5.26. The number of hydrogen-bond acceptors (Lipinski definition) is 6. The number of oxime groups is 1. The lowest BCUT2D eigenvalue weighted by atomic mass is 9.98. The smallest absolute Gasteiger partial charge is 0.392 e. The molecular formula is C20H12F5N5O3. The van der Waals surface area contributed by atoms with Crippen molar-refractivity contribution in [3.05, 3.63) is 59.3 Å². The summed E-state index contributed by atoms with van der Waals surface area (Å²) in [5.74, 6) is -4.86. The molecule has 2 aromatic heterocycles. The zero-order chi connectivity index (χ0) is 23.9. The summed E-state index contributed by atoms with van der Waals surface area (Å²) in [5.41, 5.74) is 5.66. The van der Waals surface area contributed by atoms with Crippen molar-refractivity contribution in [1.82, 2.24) is 15.2 Å². The van der Waals surface area contributed by atoms with Crippen LogP contribution in [0.3, 0.4) is 0 Å². The van der Waals surface area contributed by atoms with Crippen LogP contribution >= 0.6 is 0 Å². The number of aromatic amines is 1. The van der Waals surface area contributed by atoms with Crippen LogP contribution in [0.5, 0.6) is 0 Å². The Morgan fingerprint density at radius 2 is 1.97 bits per heavy atom. The molecule has 33 heavy (non-hydrogen) atoms. The van der Waals surface area contributed by atoms with E-state index in [9.17, 15) is 23.1 Å². The number of H-pyrrole nitrogens is 1. The van der Waals surface area contributed by atoms with E-state index in [-0.39, 0.29) is 44.2 Å². The number of alkyl halides is 3. The fourth-order valence-corrected chi connectivity index (χ4v) is 3.22. The summed E-state index contributed by atoms with van der Waals surface area (Å²) >= 11 is 0. The van der Waals surface area contributed by atoms with Crippen molar-refractivity contribution < 1.29 is 36.7 Å². The molecule has 8 nitrogen and oxygen atoms in total. The molecule has 2 heterocycles. The normalized spacial score (nSPS) is 12.5. The molecule has 0 aliphatic carbocycles. The van der Waals surface area contributed by atoms with Gasteiger partial charge < -0.3 is 15.7 Å². The van der Waals surface area contributed by atoms with Crippen molar-refractivity contribution in [3.63, 3.8) is 0 Å². The van der Waals surface area contributed by atoms with Crippen LogP contribution in [0.1, 0.15) is 11.1 Å². The molecule has 0 saturated carbocycles. The van der Waals surface area contributed by atoms with Gasteiger partial charge in [0.1, 0.15) is 11.6 Å². The summed E-state index contributed by atoms with van der Waals surface area (Å²) in [5, 5.41) is 18.5. The van der Waals surface area contributed by atoms with E-state index in [0.717, 1.165) is 6.07 Å². The minimum Gasteiger partial charge on any atom is -0.392 e. The van der Waals surface area contributed by atoms with E-state index in [4.69, 9.17) is 5.73 Å². The number of carbonyl (C=O) groups is 1. The van der Waals surface area contributed by atoms with E-state index < -0.39 is 36.2 Å². The standard InChI is InChI=1S/C20H12F5N5O3/c21-12-5-10(7-31)15(22)13-11-6-27-29-18(11)28-16(14(12)13)8-2-1-3-9(4-8)17(26)30-33-19(32)20(23,24)25/h1-6,31H,7H2,(H2,26,30)(H,27,28,29). The third-order valence-electron chi connectivity index (χ3n) is 4.70. The highest BCUT2D eigenvalue weighted by atomic mass is 19.4. The molecule has 0 radical (unpaired) electrons. The molecular weight excluding hydrogens is 453 g/mol. The second kappa shape index (κ2) is 8.09. The predicted molar refractivity (Wildman–Crippen MR) is 106 cm³/mol. The van der Waals surface area contributed by atoms with Gasteiger partial charge in [-0.05, 0) is 12.1 Å². The monoisotopic (exact) mass is 465 g/mol. The minimum absolute atomic E-state index is 0.0231. The Morgan fingerprint density at radius 1 is 1.21 bits per heavy atom. The molecule has 13 heteroatoms. The Bertz CT molecular complexity index is 1430. The Labute approximate surface area is 180 Å². The van der Waals surface area contributed by atoms with E-state index in [0.29, 0.717) is 0 Å². The van der Waals surface area contributed by atoms with Crippen LogP contribution in [0.25, 0.3) is 33.1 Å².